The van der Waals surface area contributed by atoms with Crippen LogP contribution >= 0.6 is 28.1 Å². The van der Waals surface area contributed by atoms with Gasteiger partial charge < -0.3 is 15.8 Å². The molecule has 5 heteroatoms. The van der Waals surface area contributed by atoms with Crippen molar-refractivity contribution >= 4 is 38.8 Å². The molecule has 0 spiro atoms. The molecule has 1 fully saturated rings. The van der Waals surface area contributed by atoms with Crippen LogP contribution in [0.3, 0.4) is 0 Å². The lowest BCUT2D eigenvalue weighted by atomic mass is 10.0. The van der Waals surface area contributed by atoms with Crippen molar-refractivity contribution in [1.29, 1.82) is 0 Å². The molecule has 3 N–H and O–H groups in total. The average Bonchev–Trinajstić information content (AvgIpc) is 2.72. The predicted octanol–water partition coefficient (Wildman–Crippen LogP) is 2.92. The Kier molecular flexibility index (Phi) is 4.59. The summed E-state index contributed by atoms with van der Waals surface area (Å²) < 4.78 is 6.47. The van der Waals surface area contributed by atoms with Crippen LogP contribution < -0.4 is 11.1 Å². The number of thiocarbonyl (C=S) groups is 1. The van der Waals surface area contributed by atoms with Gasteiger partial charge in [0.2, 0.25) is 0 Å². The third kappa shape index (κ3) is 3.22. The fourth-order valence-electron chi connectivity index (χ4n) is 2.12. The standard InChI is InChI=1S/C13H17BrN2OS/c1-8-9(4-5-17-8)7-16-10-2-3-11(13(15)18)12(14)6-10/h2-3,6,8-9,16H,4-5,7H2,1H3,(H2,15,18). The van der Waals surface area contributed by atoms with Gasteiger partial charge >= 0.3 is 0 Å². The first-order valence-corrected chi connectivity index (χ1v) is 7.23. The highest BCUT2D eigenvalue weighted by molar-refractivity contribution is 9.10. The molecule has 0 radical (unpaired) electrons. The minimum atomic E-state index is 0.344. The zero-order valence-corrected chi connectivity index (χ0v) is 12.7. The van der Waals surface area contributed by atoms with Crippen LogP contribution in [-0.2, 0) is 4.74 Å². The van der Waals surface area contributed by atoms with Crippen LogP contribution in [0.15, 0.2) is 22.7 Å². The van der Waals surface area contributed by atoms with Crippen molar-refractivity contribution in [2.45, 2.75) is 19.4 Å². The van der Waals surface area contributed by atoms with Gasteiger partial charge in [-0.3, -0.25) is 0 Å². The third-order valence-corrected chi connectivity index (χ3v) is 4.21. The Balaban J connectivity index is 1.98. The van der Waals surface area contributed by atoms with Crippen molar-refractivity contribution in [1.82, 2.24) is 0 Å². The fraction of sp³-hybridized carbons (Fsp3) is 0.462. The molecule has 98 valence electrons. The van der Waals surface area contributed by atoms with E-state index in [0.717, 1.165) is 35.3 Å². The topological polar surface area (TPSA) is 47.3 Å². The number of hydrogen-bond donors (Lipinski definition) is 2. The zero-order valence-electron chi connectivity index (χ0n) is 10.3. The monoisotopic (exact) mass is 328 g/mol. The number of hydrogen-bond acceptors (Lipinski definition) is 3. The molecule has 1 aliphatic heterocycles. The van der Waals surface area contributed by atoms with Gasteiger partial charge in [-0.15, -0.1) is 0 Å². The average molecular weight is 329 g/mol. The van der Waals surface area contributed by atoms with Crippen molar-refractivity contribution < 1.29 is 4.74 Å². The smallest absolute Gasteiger partial charge is 0.105 e. The van der Waals surface area contributed by atoms with Gasteiger partial charge in [0.25, 0.3) is 0 Å². The summed E-state index contributed by atoms with van der Waals surface area (Å²) in [6.45, 7) is 3.93. The number of benzene rings is 1. The molecule has 0 bridgehead atoms. The number of ether oxygens (including phenoxy) is 1. The second-order valence-corrected chi connectivity index (χ2v) is 5.86. The van der Waals surface area contributed by atoms with Crippen molar-refractivity contribution in [2.75, 3.05) is 18.5 Å². The second-order valence-electron chi connectivity index (χ2n) is 4.56. The predicted molar refractivity (Wildman–Crippen MR) is 82.0 cm³/mol. The maximum absolute atomic E-state index is 5.62. The Morgan fingerprint density at radius 1 is 1.61 bits per heavy atom. The van der Waals surface area contributed by atoms with Gasteiger partial charge in [-0.05, 0) is 47.5 Å². The Labute approximate surface area is 121 Å². The first kappa shape index (κ1) is 13.8. The molecule has 2 rings (SSSR count). The van der Waals surface area contributed by atoms with Gasteiger partial charge in [0.15, 0.2) is 0 Å². The first-order chi connectivity index (χ1) is 8.58. The van der Waals surface area contributed by atoms with Crippen molar-refractivity contribution in [3.05, 3.63) is 28.2 Å². The molecule has 18 heavy (non-hydrogen) atoms. The fourth-order valence-corrected chi connectivity index (χ4v) is 3.02. The first-order valence-electron chi connectivity index (χ1n) is 6.02. The summed E-state index contributed by atoms with van der Waals surface area (Å²) in [6, 6.07) is 5.94. The quantitative estimate of drug-likeness (QED) is 0.834. The normalized spacial score (nSPS) is 23.0. The number of halogens is 1. The lowest BCUT2D eigenvalue weighted by Crippen LogP contribution is -2.20. The van der Waals surface area contributed by atoms with E-state index in [1.165, 1.54) is 0 Å². The van der Waals surface area contributed by atoms with Crippen molar-refractivity contribution in [3.63, 3.8) is 0 Å². The van der Waals surface area contributed by atoms with Crippen LogP contribution in [0.1, 0.15) is 18.9 Å². The lowest BCUT2D eigenvalue weighted by Gasteiger charge is -2.16. The van der Waals surface area contributed by atoms with Gasteiger partial charge in [-0.2, -0.15) is 0 Å². The molecule has 0 amide bonds. The summed E-state index contributed by atoms with van der Waals surface area (Å²) >= 11 is 8.45. The van der Waals surface area contributed by atoms with E-state index in [1.54, 1.807) is 0 Å². The number of nitrogens with two attached hydrogens (primary N) is 1. The van der Waals surface area contributed by atoms with E-state index in [0.29, 0.717) is 17.0 Å². The molecule has 2 unspecified atom stereocenters. The van der Waals surface area contributed by atoms with Crippen LogP contribution in [0, 0.1) is 5.92 Å². The van der Waals surface area contributed by atoms with Gasteiger partial charge in [0.1, 0.15) is 4.99 Å². The van der Waals surface area contributed by atoms with E-state index in [2.05, 4.69) is 28.2 Å². The number of rotatable bonds is 4. The Morgan fingerprint density at radius 3 is 2.94 bits per heavy atom. The highest BCUT2D eigenvalue weighted by atomic mass is 79.9. The van der Waals surface area contributed by atoms with E-state index >= 15 is 0 Å². The van der Waals surface area contributed by atoms with Crippen molar-refractivity contribution in [2.24, 2.45) is 11.7 Å². The maximum atomic E-state index is 5.62. The van der Waals surface area contributed by atoms with Gasteiger partial charge in [0.05, 0.1) is 6.10 Å². The second kappa shape index (κ2) is 5.99. The summed E-state index contributed by atoms with van der Waals surface area (Å²) in [5, 5.41) is 3.43. The van der Waals surface area contributed by atoms with Gasteiger partial charge in [-0.1, -0.05) is 12.2 Å². The maximum Gasteiger partial charge on any atom is 0.105 e. The number of nitrogens with one attached hydrogen (secondary N) is 1. The zero-order chi connectivity index (χ0) is 13.1. The summed E-state index contributed by atoms with van der Waals surface area (Å²) in [5.41, 5.74) is 7.56. The van der Waals surface area contributed by atoms with Crippen LogP contribution in [0.25, 0.3) is 0 Å². The van der Waals surface area contributed by atoms with Crippen LogP contribution in [-0.4, -0.2) is 24.2 Å². The Morgan fingerprint density at radius 2 is 2.39 bits per heavy atom. The minimum Gasteiger partial charge on any atom is -0.389 e. The third-order valence-electron chi connectivity index (χ3n) is 3.34. The SMILES string of the molecule is CC1OCCC1CNc1ccc(C(N)=S)c(Br)c1. The highest BCUT2D eigenvalue weighted by Gasteiger charge is 2.23. The molecule has 3 nitrogen and oxygen atoms in total. The summed E-state index contributed by atoms with van der Waals surface area (Å²) in [6.07, 6.45) is 1.47. The molecule has 1 aromatic carbocycles. The van der Waals surface area contributed by atoms with E-state index in [-0.39, 0.29) is 0 Å². The molecule has 0 aromatic heterocycles. The van der Waals surface area contributed by atoms with Crippen LogP contribution in [0.5, 0.6) is 0 Å². The van der Waals surface area contributed by atoms with Crippen LogP contribution in [0.4, 0.5) is 5.69 Å². The van der Waals surface area contributed by atoms with E-state index in [1.807, 2.05) is 18.2 Å². The molecule has 1 saturated heterocycles. The van der Waals surface area contributed by atoms with Crippen molar-refractivity contribution in [3.8, 4) is 0 Å². The lowest BCUT2D eigenvalue weighted by molar-refractivity contribution is 0.108. The molecular formula is C13H17BrN2OS. The summed E-state index contributed by atoms with van der Waals surface area (Å²) in [4.78, 5) is 0.409. The Hall–Kier alpha value is -0.650. The highest BCUT2D eigenvalue weighted by Crippen LogP contribution is 2.24. The van der Waals surface area contributed by atoms with Gasteiger partial charge in [0, 0.05) is 34.8 Å². The summed E-state index contributed by atoms with van der Waals surface area (Å²) in [5.74, 6) is 0.582. The van der Waals surface area contributed by atoms with E-state index in [4.69, 9.17) is 22.7 Å². The molecular weight excluding hydrogens is 312 g/mol. The summed E-state index contributed by atoms with van der Waals surface area (Å²) in [7, 11) is 0. The number of anilines is 1. The molecule has 0 aliphatic carbocycles. The minimum absolute atomic E-state index is 0.344. The Bertz CT molecular complexity index is 453. The van der Waals surface area contributed by atoms with E-state index in [9.17, 15) is 0 Å². The van der Waals surface area contributed by atoms with Crippen LogP contribution in [0.2, 0.25) is 0 Å². The van der Waals surface area contributed by atoms with E-state index < -0.39 is 0 Å². The largest absolute Gasteiger partial charge is 0.389 e. The molecule has 1 aliphatic rings. The molecule has 2 atom stereocenters. The van der Waals surface area contributed by atoms with Gasteiger partial charge in [-0.25, -0.2) is 0 Å². The molecule has 0 saturated carbocycles. The molecule has 1 aromatic rings. The molecule has 1 heterocycles.